The Morgan fingerprint density at radius 3 is 2.50 bits per heavy atom. The van der Waals surface area contributed by atoms with Crippen LogP contribution in [-0.4, -0.2) is 42.5 Å². The summed E-state index contributed by atoms with van der Waals surface area (Å²) in [5, 5.41) is 8.53. The Balaban J connectivity index is 3.27. The van der Waals surface area contributed by atoms with Gasteiger partial charge in [-0.1, -0.05) is 26.2 Å². The minimum atomic E-state index is -0.316. The number of ketones is 1. The van der Waals surface area contributed by atoms with E-state index in [0.717, 1.165) is 13.1 Å². The summed E-state index contributed by atoms with van der Waals surface area (Å²) in [5.74, 6) is -0.0644. The molecule has 0 aliphatic heterocycles. The van der Waals surface area contributed by atoms with Crippen LogP contribution in [-0.2, 0) is 4.79 Å². The molecule has 3 heteroatoms. The van der Waals surface area contributed by atoms with E-state index in [0.29, 0.717) is 6.42 Å². The van der Waals surface area contributed by atoms with Gasteiger partial charge in [-0.25, -0.2) is 0 Å². The lowest BCUT2D eigenvalue weighted by Gasteiger charge is -2.15. The molecule has 0 atom stereocenters. The molecule has 3 nitrogen and oxygen atoms in total. The molecule has 0 rings (SSSR count). The van der Waals surface area contributed by atoms with Crippen LogP contribution in [0.3, 0.4) is 0 Å². The topological polar surface area (TPSA) is 40.5 Å². The van der Waals surface area contributed by atoms with E-state index in [1.54, 1.807) is 0 Å². The Hall–Kier alpha value is -0.410. The Labute approximate surface area is 87.1 Å². The van der Waals surface area contributed by atoms with E-state index in [4.69, 9.17) is 5.11 Å². The van der Waals surface area contributed by atoms with Gasteiger partial charge in [0.05, 0.1) is 0 Å². The maximum absolute atomic E-state index is 10.8. The lowest BCUT2D eigenvalue weighted by atomic mass is 10.2. The zero-order chi connectivity index (χ0) is 10.8. The predicted molar refractivity (Wildman–Crippen MR) is 58.3 cm³/mol. The number of carbonyl (C=O) groups is 1. The van der Waals surface area contributed by atoms with Gasteiger partial charge in [-0.2, -0.15) is 0 Å². The molecule has 0 radical (unpaired) electrons. The molecule has 0 amide bonds. The van der Waals surface area contributed by atoms with Crippen LogP contribution in [0.5, 0.6) is 0 Å². The summed E-state index contributed by atoms with van der Waals surface area (Å²) >= 11 is 0. The Morgan fingerprint density at radius 2 is 1.93 bits per heavy atom. The van der Waals surface area contributed by atoms with Gasteiger partial charge in [0, 0.05) is 13.0 Å². The molecule has 0 aliphatic carbocycles. The third-order valence-corrected chi connectivity index (χ3v) is 2.34. The van der Waals surface area contributed by atoms with Crippen molar-refractivity contribution >= 4 is 5.78 Å². The Kier molecular flexibility index (Phi) is 8.89. The molecule has 0 unspecified atom stereocenters. The first-order valence-corrected chi connectivity index (χ1v) is 5.51. The van der Waals surface area contributed by atoms with Crippen LogP contribution in [0.4, 0.5) is 0 Å². The first-order valence-electron chi connectivity index (χ1n) is 5.51. The molecule has 0 saturated carbocycles. The average molecular weight is 201 g/mol. The molecule has 1 N–H and O–H groups in total. The van der Waals surface area contributed by atoms with Crippen molar-refractivity contribution in [2.75, 3.05) is 26.7 Å². The van der Waals surface area contributed by atoms with Crippen molar-refractivity contribution in [1.29, 1.82) is 0 Å². The molecule has 0 saturated heterocycles. The zero-order valence-electron chi connectivity index (χ0n) is 9.46. The largest absolute Gasteiger partial charge is 0.389 e. The van der Waals surface area contributed by atoms with Gasteiger partial charge in [0.2, 0.25) is 0 Å². The molecule has 0 fully saturated rings. The van der Waals surface area contributed by atoms with E-state index in [-0.39, 0.29) is 12.4 Å². The summed E-state index contributed by atoms with van der Waals surface area (Å²) < 4.78 is 0. The average Bonchev–Trinajstić information content (AvgIpc) is 2.21. The molecule has 0 aromatic carbocycles. The van der Waals surface area contributed by atoms with Gasteiger partial charge < -0.3 is 10.0 Å². The van der Waals surface area contributed by atoms with Crippen LogP contribution in [0, 0.1) is 0 Å². The number of carbonyl (C=O) groups excluding carboxylic acids is 1. The van der Waals surface area contributed by atoms with E-state index >= 15 is 0 Å². The Morgan fingerprint density at radius 1 is 1.21 bits per heavy atom. The lowest BCUT2D eigenvalue weighted by molar-refractivity contribution is -0.122. The minimum Gasteiger partial charge on any atom is -0.389 e. The van der Waals surface area contributed by atoms with Crippen LogP contribution in [0.15, 0.2) is 0 Å². The van der Waals surface area contributed by atoms with Gasteiger partial charge in [-0.3, -0.25) is 4.79 Å². The molecule has 0 spiro atoms. The van der Waals surface area contributed by atoms with Crippen molar-refractivity contribution in [1.82, 2.24) is 4.90 Å². The summed E-state index contributed by atoms with van der Waals surface area (Å²) in [6, 6.07) is 0. The second-order valence-corrected chi connectivity index (χ2v) is 3.81. The quantitative estimate of drug-likeness (QED) is 0.574. The number of nitrogens with zero attached hydrogens (tertiary/aromatic N) is 1. The molecule has 0 heterocycles. The zero-order valence-corrected chi connectivity index (χ0v) is 9.46. The number of hydrogen-bond donors (Lipinski definition) is 1. The second kappa shape index (κ2) is 9.16. The molecule has 0 bridgehead atoms. The fourth-order valence-electron chi connectivity index (χ4n) is 1.31. The van der Waals surface area contributed by atoms with Gasteiger partial charge in [0.25, 0.3) is 0 Å². The number of aliphatic hydroxyl groups excluding tert-OH is 1. The van der Waals surface area contributed by atoms with Crippen molar-refractivity contribution in [2.24, 2.45) is 0 Å². The first-order chi connectivity index (χ1) is 6.70. The second-order valence-electron chi connectivity index (χ2n) is 3.81. The molecule has 14 heavy (non-hydrogen) atoms. The van der Waals surface area contributed by atoms with Crippen LogP contribution >= 0.6 is 0 Å². The highest BCUT2D eigenvalue weighted by Gasteiger charge is 2.02. The SMILES string of the molecule is CCCCCCN(C)CCC(=O)CO. The van der Waals surface area contributed by atoms with Crippen LogP contribution in [0.1, 0.15) is 39.0 Å². The van der Waals surface area contributed by atoms with E-state index in [1.807, 2.05) is 7.05 Å². The maximum atomic E-state index is 10.8. The third kappa shape index (κ3) is 8.20. The van der Waals surface area contributed by atoms with E-state index in [9.17, 15) is 4.79 Å². The van der Waals surface area contributed by atoms with Crippen molar-refractivity contribution in [3.8, 4) is 0 Å². The fourth-order valence-corrected chi connectivity index (χ4v) is 1.31. The Bertz CT molecular complexity index is 148. The lowest BCUT2D eigenvalue weighted by Crippen LogP contribution is -2.23. The van der Waals surface area contributed by atoms with Crippen molar-refractivity contribution < 1.29 is 9.90 Å². The van der Waals surface area contributed by atoms with Crippen LogP contribution < -0.4 is 0 Å². The minimum absolute atomic E-state index is 0.0644. The highest BCUT2D eigenvalue weighted by atomic mass is 16.3. The summed E-state index contributed by atoms with van der Waals surface area (Å²) in [7, 11) is 2.02. The predicted octanol–water partition coefficient (Wildman–Crippen LogP) is 1.45. The standard InChI is InChI=1S/C11H23NO2/c1-3-4-5-6-8-12(2)9-7-11(14)10-13/h13H,3-10H2,1-2H3. The number of rotatable bonds is 9. The molecule has 0 aromatic rings. The van der Waals surface area contributed by atoms with Gasteiger partial charge >= 0.3 is 0 Å². The fraction of sp³-hybridized carbons (Fsp3) is 0.909. The van der Waals surface area contributed by atoms with Gasteiger partial charge in [0.15, 0.2) is 5.78 Å². The summed E-state index contributed by atoms with van der Waals surface area (Å²) in [6.45, 7) is 3.71. The number of Topliss-reactive ketones (excluding diaryl/α,β-unsaturated/α-hetero) is 1. The number of hydrogen-bond acceptors (Lipinski definition) is 3. The molecule has 0 aliphatic rings. The highest BCUT2D eigenvalue weighted by Crippen LogP contribution is 2.00. The van der Waals surface area contributed by atoms with Gasteiger partial charge in [-0.05, 0) is 20.0 Å². The van der Waals surface area contributed by atoms with E-state index < -0.39 is 0 Å². The smallest absolute Gasteiger partial charge is 0.159 e. The van der Waals surface area contributed by atoms with E-state index in [1.165, 1.54) is 25.7 Å². The summed E-state index contributed by atoms with van der Waals surface area (Å²) in [6.07, 6.45) is 5.50. The molecule has 84 valence electrons. The highest BCUT2D eigenvalue weighted by molar-refractivity contribution is 5.79. The number of aliphatic hydroxyl groups is 1. The molecular weight excluding hydrogens is 178 g/mol. The summed E-state index contributed by atoms with van der Waals surface area (Å²) in [5.41, 5.74) is 0. The number of unbranched alkanes of at least 4 members (excludes halogenated alkanes) is 3. The molecule has 0 aromatic heterocycles. The van der Waals surface area contributed by atoms with Crippen molar-refractivity contribution in [3.05, 3.63) is 0 Å². The molecular formula is C11H23NO2. The third-order valence-electron chi connectivity index (χ3n) is 2.34. The van der Waals surface area contributed by atoms with E-state index in [2.05, 4.69) is 11.8 Å². The summed E-state index contributed by atoms with van der Waals surface area (Å²) in [4.78, 5) is 13.0. The normalized spacial score (nSPS) is 10.9. The van der Waals surface area contributed by atoms with Crippen molar-refractivity contribution in [3.63, 3.8) is 0 Å². The van der Waals surface area contributed by atoms with Gasteiger partial charge in [-0.15, -0.1) is 0 Å². The maximum Gasteiger partial charge on any atom is 0.159 e. The van der Waals surface area contributed by atoms with Crippen molar-refractivity contribution in [2.45, 2.75) is 39.0 Å². The van der Waals surface area contributed by atoms with Crippen LogP contribution in [0.2, 0.25) is 0 Å². The van der Waals surface area contributed by atoms with Gasteiger partial charge in [0.1, 0.15) is 6.61 Å². The first kappa shape index (κ1) is 13.6. The van der Waals surface area contributed by atoms with Crippen LogP contribution in [0.25, 0.3) is 0 Å². The monoisotopic (exact) mass is 201 g/mol.